The van der Waals surface area contributed by atoms with Gasteiger partial charge in [0.05, 0.1) is 11.4 Å². The molecule has 0 saturated carbocycles. The van der Waals surface area contributed by atoms with Crippen molar-refractivity contribution in [1.29, 1.82) is 0 Å². The Labute approximate surface area is 150 Å². The van der Waals surface area contributed by atoms with Gasteiger partial charge in [0.2, 0.25) is 5.43 Å². The van der Waals surface area contributed by atoms with Crippen molar-refractivity contribution < 1.29 is 0 Å². The molecule has 0 bridgehead atoms. The Hall–Kier alpha value is -3.54. The number of benzene rings is 1. The van der Waals surface area contributed by atoms with Crippen molar-refractivity contribution in [3.05, 3.63) is 70.6 Å². The molecule has 0 fully saturated rings. The lowest BCUT2D eigenvalue weighted by molar-refractivity contribution is 1.17. The molecule has 0 aliphatic rings. The lowest BCUT2D eigenvalue weighted by atomic mass is 10.0. The third-order valence-corrected chi connectivity index (χ3v) is 4.11. The third-order valence-electron chi connectivity index (χ3n) is 4.11. The lowest BCUT2D eigenvalue weighted by Gasteiger charge is -2.12. The summed E-state index contributed by atoms with van der Waals surface area (Å²) in [6, 6.07) is 15.1. The van der Waals surface area contributed by atoms with Crippen molar-refractivity contribution >= 4 is 17.0 Å². The molecule has 3 heterocycles. The number of anilines is 1. The van der Waals surface area contributed by atoms with E-state index in [1.165, 1.54) is 6.07 Å². The van der Waals surface area contributed by atoms with Gasteiger partial charge in [-0.1, -0.05) is 30.3 Å². The molecule has 0 spiro atoms. The van der Waals surface area contributed by atoms with Crippen LogP contribution >= 0.6 is 0 Å². The first-order chi connectivity index (χ1) is 12.7. The maximum Gasteiger partial charge on any atom is 0.209 e. The molecule has 1 aromatic carbocycles. The molecule has 4 rings (SSSR count). The molecular weight excluding hydrogens is 326 g/mol. The highest BCUT2D eigenvalue weighted by molar-refractivity contribution is 5.85. The Balaban J connectivity index is 2.08. The van der Waals surface area contributed by atoms with Gasteiger partial charge in [-0.25, -0.2) is 15.0 Å². The molecule has 3 aromatic heterocycles. The van der Waals surface area contributed by atoms with E-state index in [0.717, 1.165) is 22.6 Å². The number of pyridine rings is 2. The highest BCUT2D eigenvalue weighted by atomic mass is 16.1. The van der Waals surface area contributed by atoms with E-state index in [4.69, 9.17) is 4.98 Å². The summed E-state index contributed by atoms with van der Waals surface area (Å²) in [7, 11) is 1.82. The van der Waals surface area contributed by atoms with Crippen molar-refractivity contribution in [2.45, 2.75) is 6.92 Å². The zero-order valence-electron chi connectivity index (χ0n) is 14.4. The number of hydrogen-bond acceptors (Lipinski definition) is 5. The van der Waals surface area contributed by atoms with Crippen molar-refractivity contribution in [3.8, 4) is 22.5 Å². The number of aryl methyl sites for hydroxylation is 1. The molecule has 128 valence electrons. The van der Waals surface area contributed by atoms with Gasteiger partial charge in [0, 0.05) is 36.1 Å². The summed E-state index contributed by atoms with van der Waals surface area (Å²) in [5.74, 6) is 0.739. The van der Waals surface area contributed by atoms with Crippen LogP contribution in [-0.2, 0) is 0 Å². The summed E-state index contributed by atoms with van der Waals surface area (Å²) in [5.41, 5.74) is 4.65. The van der Waals surface area contributed by atoms with Crippen molar-refractivity contribution in [2.75, 3.05) is 12.4 Å². The molecule has 2 N–H and O–H groups in total. The van der Waals surface area contributed by atoms with E-state index >= 15 is 0 Å². The Morgan fingerprint density at radius 2 is 1.69 bits per heavy atom. The van der Waals surface area contributed by atoms with Gasteiger partial charge in [0.1, 0.15) is 5.82 Å². The van der Waals surface area contributed by atoms with Crippen LogP contribution in [0.2, 0.25) is 0 Å². The fourth-order valence-corrected chi connectivity index (χ4v) is 2.91. The van der Waals surface area contributed by atoms with Gasteiger partial charge in [-0.3, -0.25) is 4.79 Å². The lowest BCUT2D eigenvalue weighted by Crippen LogP contribution is -2.07. The maximum atomic E-state index is 12.3. The Bertz CT molecular complexity index is 1150. The molecule has 26 heavy (non-hydrogen) atoms. The fraction of sp³-hybridized carbons (Fsp3) is 0.100. The predicted octanol–water partition coefficient (Wildman–Crippen LogP) is 3.40. The minimum absolute atomic E-state index is 0.160. The monoisotopic (exact) mass is 343 g/mol. The van der Waals surface area contributed by atoms with Crippen molar-refractivity contribution in [1.82, 2.24) is 19.9 Å². The number of fused-ring (bicyclic) bond motifs is 1. The summed E-state index contributed by atoms with van der Waals surface area (Å²) in [6.07, 6.45) is 1.59. The van der Waals surface area contributed by atoms with Gasteiger partial charge in [0.15, 0.2) is 11.2 Å². The van der Waals surface area contributed by atoms with E-state index in [0.29, 0.717) is 22.6 Å². The molecule has 0 unspecified atom stereocenters. The number of nitrogens with one attached hydrogen (secondary N) is 2. The number of aromatic amines is 1. The SMILES string of the molecule is CNc1cc(-c2nc3c(=O)cc[nH]c3nc2-c2ccccc2)cc(C)n1. The first-order valence-corrected chi connectivity index (χ1v) is 8.27. The maximum absolute atomic E-state index is 12.3. The average molecular weight is 343 g/mol. The first kappa shape index (κ1) is 16.0. The molecule has 0 radical (unpaired) electrons. The number of aromatic nitrogens is 4. The minimum atomic E-state index is -0.160. The highest BCUT2D eigenvalue weighted by Crippen LogP contribution is 2.31. The van der Waals surface area contributed by atoms with E-state index in [2.05, 4.69) is 20.3 Å². The van der Waals surface area contributed by atoms with E-state index < -0.39 is 0 Å². The van der Waals surface area contributed by atoms with Gasteiger partial charge >= 0.3 is 0 Å². The van der Waals surface area contributed by atoms with Crippen LogP contribution in [0.3, 0.4) is 0 Å². The minimum Gasteiger partial charge on any atom is -0.373 e. The Kier molecular flexibility index (Phi) is 3.93. The smallest absolute Gasteiger partial charge is 0.209 e. The summed E-state index contributed by atoms with van der Waals surface area (Å²) in [4.78, 5) is 29.1. The van der Waals surface area contributed by atoms with E-state index in [1.54, 1.807) is 6.20 Å². The van der Waals surface area contributed by atoms with Gasteiger partial charge in [-0.15, -0.1) is 0 Å². The first-order valence-electron chi connectivity index (χ1n) is 8.27. The van der Waals surface area contributed by atoms with Crippen LogP contribution in [-0.4, -0.2) is 27.0 Å². The number of hydrogen-bond donors (Lipinski definition) is 2. The zero-order valence-corrected chi connectivity index (χ0v) is 14.4. The van der Waals surface area contributed by atoms with Crippen LogP contribution < -0.4 is 10.7 Å². The standard InChI is InChI=1S/C20H17N5O/c1-12-10-14(11-16(21-2)23-12)18-17(13-6-4-3-5-7-13)25-20-19(24-18)15(26)8-9-22-20/h3-11H,1-2H3,(H,21,23)(H,22,25,26). The molecule has 0 aliphatic heterocycles. The predicted molar refractivity (Wildman–Crippen MR) is 103 cm³/mol. The molecule has 6 heteroatoms. The van der Waals surface area contributed by atoms with Crippen LogP contribution in [0.5, 0.6) is 0 Å². The van der Waals surface area contributed by atoms with Crippen LogP contribution in [0.4, 0.5) is 5.82 Å². The molecule has 0 atom stereocenters. The summed E-state index contributed by atoms with van der Waals surface area (Å²) in [6.45, 7) is 1.92. The second-order valence-corrected chi connectivity index (χ2v) is 5.96. The molecule has 4 aromatic rings. The topological polar surface area (TPSA) is 83.6 Å². The van der Waals surface area contributed by atoms with Crippen LogP contribution in [0.25, 0.3) is 33.7 Å². The van der Waals surface area contributed by atoms with Gasteiger partial charge in [-0.2, -0.15) is 0 Å². The Morgan fingerprint density at radius 3 is 2.46 bits per heavy atom. The third kappa shape index (κ3) is 2.82. The number of H-pyrrole nitrogens is 1. The van der Waals surface area contributed by atoms with Gasteiger partial charge < -0.3 is 10.3 Å². The number of nitrogens with zero attached hydrogens (tertiary/aromatic N) is 3. The van der Waals surface area contributed by atoms with E-state index in [1.807, 2.05) is 56.4 Å². The average Bonchev–Trinajstić information content (AvgIpc) is 2.67. The van der Waals surface area contributed by atoms with Crippen LogP contribution in [0.15, 0.2) is 59.5 Å². The fourth-order valence-electron chi connectivity index (χ4n) is 2.91. The molecule has 0 amide bonds. The van der Waals surface area contributed by atoms with Crippen LogP contribution in [0, 0.1) is 6.92 Å². The van der Waals surface area contributed by atoms with Crippen molar-refractivity contribution in [2.24, 2.45) is 0 Å². The van der Waals surface area contributed by atoms with E-state index in [-0.39, 0.29) is 5.43 Å². The molecule has 0 saturated heterocycles. The summed E-state index contributed by atoms with van der Waals surface area (Å²) >= 11 is 0. The second-order valence-electron chi connectivity index (χ2n) is 5.96. The molecule has 0 aliphatic carbocycles. The largest absolute Gasteiger partial charge is 0.373 e. The second kappa shape index (κ2) is 6.40. The molecule has 6 nitrogen and oxygen atoms in total. The van der Waals surface area contributed by atoms with Gasteiger partial charge in [0.25, 0.3) is 0 Å². The normalized spacial score (nSPS) is 10.8. The van der Waals surface area contributed by atoms with E-state index in [9.17, 15) is 4.79 Å². The van der Waals surface area contributed by atoms with Crippen molar-refractivity contribution in [3.63, 3.8) is 0 Å². The highest BCUT2D eigenvalue weighted by Gasteiger charge is 2.15. The van der Waals surface area contributed by atoms with Gasteiger partial charge in [-0.05, 0) is 19.1 Å². The Morgan fingerprint density at radius 1 is 0.923 bits per heavy atom. The number of rotatable bonds is 3. The van der Waals surface area contributed by atoms with Crippen LogP contribution in [0.1, 0.15) is 5.69 Å². The zero-order chi connectivity index (χ0) is 18.1. The quantitative estimate of drug-likeness (QED) is 0.596. The summed E-state index contributed by atoms with van der Waals surface area (Å²) < 4.78 is 0. The molecular formula is C20H17N5O. The summed E-state index contributed by atoms with van der Waals surface area (Å²) in [5, 5.41) is 3.06.